The fourth-order valence-corrected chi connectivity index (χ4v) is 3.78. The average Bonchev–Trinajstić information content (AvgIpc) is 3.19. The quantitative estimate of drug-likeness (QED) is 0.685. The van der Waals surface area contributed by atoms with E-state index < -0.39 is 0 Å². The van der Waals surface area contributed by atoms with Crippen molar-refractivity contribution < 1.29 is 4.79 Å². The summed E-state index contributed by atoms with van der Waals surface area (Å²) < 4.78 is 0. The van der Waals surface area contributed by atoms with Crippen LogP contribution in [0.1, 0.15) is 56.6 Å². The molecule has 1 aliphatic rings. The van der Waals surface area contributed by atoms with Crippen LogP contribution in [0.25, 0.3) is 11.3 Å². The molecule has 26 heavy (non-hydrogen) atoms. The molecular weight excluding hydrogens is 320 g/mol. The number of pyridine rings is 1. The second-order valence-corrected chi connectivity index (χ2v) is 7.42. The first-order chi connectivity index (χ1) is 12.7. The molecule has 0 unspecified atom stereocenters. The molecule has 1 saturated carbocycles. The smallest absolute Gasteiger partial charge is 0.224 e. The van der Waals surface area contributed by atoms with Gasteiger partial charge in [-0.05, 0) is 42.4 Å². The Bertz CT molecular complexity index is 685. The molecule has 0 atom stereocenters. The number of aryl methyl sites for hydroxylation is 1. The summed E-state index contributed by atoms with van der Waals surface area (Å²) in [6.07, 6.45) is 11.2. The molecule has 1 N–H and O–H groups in total. The van der Waals surface area contributed by atoms with Crippen LogP contribution in [0.2, 0.25) is 0 Å². The molecule has 3 nitrogen and oxygen atoms in total. The Morgan fingerprint density at radius 1 is 1.08 bits per heavy atom. The van der Waals surface area contributed by atoms with Crippen LogP contribution in [-0.4, -0.2) is 17.4 Å². The van der Waals surface area contributed by atoms with Crippen molar-refractivity contribution in [3.63, 3.8) is 0 Å². The van der Waals surface area contributed by atoms with Crippen LogP contribution in [-0.2, 0) is 17.6 Å². The summed E-state index contributed by atoms with van der Waals surface area (Å²) in [5.74, 6) is 0.994. The van der Waals surface area contributed by atoms with E-state index in [1.165, 1.54) is 37.7 Å². The maximum absolute atomic E-state index is 12.1. The van der Waals surface area contributed by atoms with Crippen molar-refractivity contribution in [2.75, 3.05) is 6.54 Å². The lowest BCUT2D eigenvalue weighted by Gasteiger charge is -2.09. The van der Waals surface area contributed by atoms with E-state index in [2.05, 4.69) is 41.5 Å². The highest BCUT2D eigenvalue weighted by Gasteiger charge is 2.14. The predicted octanol–water partition coefficient (Wildman–Crippen LogP) is 4.94. The van der Waals surface area contributed by atoms with Crippen molar-refractivity contribution in [1.82, 2.24) is 10.3 Å². The number of hydrogen-bond donors (Lipinski definition) is 1. The Labute approximate surface area is 157 Å². The van der Waals surface area contributed by atoms with Crippen LogP contribution in [0.15, 0.2) is 42.6 Å². The highest BCUT2D eigenvalue weighted by Crippen LogP contribution is 2.28. The first-order valence-corrected chi connectivity index (χ1v) is 10.1. The molecule has 138 valence electrons. The Kier molecular flexibility index (Phi) is 6.82. The second kappa shape index (κ2) is 9.51. The van der Waals surface area contributed by atoms with Gasteiger partial charge in [0, 0.05) is 18.3 Å². The number of hydrogen-bond acceptors (Lipinski definition) is 2. The van der Waals surface area contributed by atoms with E-state index in [0.29, 0.717) is 6.42 Å². The maximum atomic E-state index is 12.1. The Morgan fingerprint density at radius 2 is 1.81 bits per heavy atom. The van der Waals surface area contributed by atoms with Gasteiger partial charge in [-0.25, -0.2) is 0 Å². The van der Waals surface area contributed by atoms with E-state index in [-0.39, 0.29) is 5.91 Å². The molecule has 1 amide bonds. The van der Waals surface area contributed by atoms with Crippen LogP contribution < -0.4 is 5.32 Å². The molecule has 1 heterocycles. The van der Waals surface area contributed by atoms with Crippen LogP contribution in [0.4, 0.5) is 0 Å². The molecular formula is C23H30N2O. The van der Waals surface area contributed by atoms with Gasteiger partial charge >= 0.3 is 0 Å². The van der Waals surface area contributed by atoms with Gasteiger partial charge in [-0.3, -0.25) is 9.78 Å². The predicted molar refractivity (Wildman–Crippen MR) is 107 cm³/mol. The highest BCUT2D eigenvalue weighted by molar-refractivity contribution is 5.78. The number of benzene rings is 1. The lowest BCUT2D eigenvalue weighted by molar-refractivity contribution is -0.120. The summed E-state index contributed by atoms with van der Waals surface area (Å²) in [4.78, 5) is 16.6. The monoisotopic (exact) mass is 350 g/mol. The Morgan fingerprint density at radius 3 is 2.46 bits per heavy atom. The van der Waals surface area contributed by atoms with E-state index in [1.807, 2.05) is 18.3 Å². The maximum Gasteiger partial charge on any atom is 0.224 e. The SMILES string of the molecule is CCc1ccc(-c2ccc(CC(=O)NCCCC3CCCC3)cn2)cc1. The molecule has 0 aliphatic heterocycles. The van der Waals surface area contributed by atoms with Gasteiger partial charge in [0.05, 0.1) is 12.1 Å². The molecule has 3 rings (SSSR count). The van der Waals surface area contributed by atoms with Crippen molar-refractivity contribution in [2.24, 2.45) is 5.92 Å². The lowest BCUT2D eigenvalue weighted by atomic mass is 10.0. The second-order valence-electron chi connectivity index (χ2n) is 7.42. The first-order valence-electron chi connectivity index (χ1n) is 10.1. The van der Waals surface area contributed by atoms with Gasteiger partial charge in [-0.1, -0.05) is 62.9 Å². The summed E-state index contributed by atoms with van der Waals surface area (Å²) in [7, 11) is 0. The van der Waals surface area contributed by atoms with Crippen molar-refractivity contribution in [1.29, 1.82) is 0 Å². The van der Waals surface area contributed by atoms with E-state index >= 15 is 0 Å². The first kappa shape index (κ1) is 18.6. The fourth-order valence-electron chi connectivity index (χ4n) is 3.78. The molecule has 3 heteroatoms. The standard InChI is InChI=1S/C23H30N2O/c1-2-18-9-12-21(13-10-18)22-14-11-20(17-25-22)16-23(26)24-15-5-8-19-6-3-4-7-19/h9-14,17,19H,2-8,15-16H2,1H3,(H,24,26). The highest BCUT2D eigenvalue weighted by atomic mass is 16.1. The van der Waals surface area contributed by atoms with E-state index in [9.17, 15) is 4.79 Å². The number of nitrogens with zero attached hydrogens (tertiary/aromatic N) is 1. The number of carbonyl (C=O) groups is 1. The largest absolute Gasteiger partial charge is 0.356 e. The van der Waals surface area contributed by atoms with Crippen molar-refractivity contribution in [2.45, 2.75) is 58.3 Å². The fraction of sp³-hybridized carbons (Fsp3) is 0.478. The molecule has 1 aliphatic carbocycles. The number of rotatable bonds is 8. The zero-order chi connectivity index (χ0) is 18.2. The van der Waals surface area contributed by atoms with Gasteiger partial charge in [0.1, 0.15) is 0 Å². The summed E-state index contributed by atoms with van der Waals surface area (Å²) in [6.45, 7) is 2.95. The van der Waals surface area contributed by atoms with Gasteiger partial charge < -0.3 is 5.32 Å². The molecule has 1 aromatic heterocycles. The van der Waals surface area contributed by atoms with Gasteiger partial charge in [0.25, 0.3) is 0 Å². The summed E-state index contributed by atoms with van der Waals surface area (Å²) in [5.41, 5.74) is 4.36. The third-order valence-electron chi connectivity index (χ3n) is 5.43. The lowest BCUT2D eigenvalue weighted by Crippen LogP contribution is -2.26. The van der Waals surface area contributed by atoms with Crippen LogP contribution in [0, 0.1) is 5.92 Å². The van der Waals surface area contributed by atoms with Crippen LogP contribution in [0.3, 0.4) is 0 Å². The molecule has 2 aromatic rings. The zero-order valence-corrected chi connectivity index (χ0v) is 15.8. The molecule has 0 radical (unpaired) electrons. The number of carbonyl (C=O) groups excluding carboxylic acids is 1. The Hall–Kier alpha value is -2.16. The average molecular weight is 351 g/mol. The molecule has 1 aromatic carbocycles. The summed E-state index contributed by atoms with van der Waals surface area (Å²) >= 11 is 0. The number of aromatic nitrogens is 1. The Balaban J connectivity index is 1.43. The van der Waals surface area contributed by atoms with Crippen molar-refractivity contribution in [3.05, 3.63) is 53.7 Å². The topological polar surface area (TPSA) is 42.0 Å². The van der Waals surface area contributed by atoms with Gasteiger partial charge in [-0.2, -0.15) is 0 Å². The van der Waals surface area contributed by atoms with Crippen molar-refractivity contribution in [3.8, 4) is 11.3 Å². The van der Waals surface area contributed by atoms with Gasteiger partial charge in [0.2, 0.25) is 5.91 Å². The third kappa shape index (κ3) is 5.42. The van der Waals surface area contributed by atoms with E-state index in [4.69, 9.17) is 0 Å². The minimum atomic E-state index is 0.0956. The molecule has 0 bridgehead atoms. The molecule has 0 saturated heterocycles. The van der Waals surface area contributed by atoms with Gasteiger partial charge in [-0.15, -0.1) is 0 Å². The van der Waals surface area contributed by atoms with Crippen LogP contribution in [0.5, 0.6) is 0 Å². The summed E-state index contributed by atoms with van der Waals surface area (Å²) in [5, 5.41) is 3.05. The van der Waals surface area contributed by atoms with E-state index in [0.717, 1.165) is 42.1 Å². The van der Waals surface area contributed by atoms with Crippen molar-refractivity contribution >= 4 is 5.91 Å². The number of nitrogens with one attached hydrogen (secondary N) is 1. The van der Waals surface area contributed by atoms with Gasteiger partial charge in [0.15, 0.2) is 0 Å². The van der Waals surface area contributed by atoms with E-state index in [1.54, 1.807) is 0 Å². The molecule has 0 spiro atoms. The zero-order valence-electron chi connectivity index (χ0n) is 15.8. The van der Waals surface area contributed by atoms with Crippen LogP contribution >= 0.6 is 0 Å². The number of amides is 1. The normalized spacial score (nSPS) is 14.5. The molecule has 1 fully saturated rings. The third-order valence-corrected chi connectivity index (χ3v) is 5.43. The minimum Gasteiger partial charge on any atom is -0.356 e. The summed E-state index contributed by atoms with van der Waals surface area (Å²) in [6, 6.07) is 12.5. The minimum absolute atomic E-state index is 0.0956.